The topological polar surface area (TPSA) is 75.9 Å². The minimum atomic E-state index is 0.0535. The van der Waals surface area contributed by atoms with Gasteiger partial charge in [-0.3, -0.25) is 5.41 Å². The number of hydrogen-bond acceptors (Lipinski definition) is 4. The number of nitrogen functional groups attached to an aromatic ring is 1. The van der Waals surface area contributed by atoms with E-state index in [9.17, 15) is 0 Å². The third kappa shape index (κ3) is 1.42. The molecular formula is C9H9N3OS. The van der Waals surface area contributed by atoms with Crippen molar-refractivity contribution in [1.82, 2.24) is 4.98 Å². The maximum atomic E-state index is 7.33. The van der Waals surface area contributed by atoms with E-state index in [1.165, 1.54) is 11.3 Å². The van der Waals surface area contributed by atoms with Crippen LogP contribution in [-0.2, 0) is 0 Å². The van der Waals surface area contributed by atoms with Crippen molar-refractivity contribution in [1.29, 1.82) is 5.41 Å². The standard InChI is InChI=1S/C9H9N3OS/c1-5-7(8(10)11)14-9(12-5)6-3-2-4-13-6/h2-4H,1H3,(H3,10,11). The van der Waals surface area contributed by atoms with Crippen LogP contribution in [0.3, 0.4) is 0 Å². The normalized spacial score (nSPS) is 10.4. The Morgan fingerprint density at radius 1 is 1.64 bits per heavy atom. The largest absolute Gasteiger partial charge is 0.462 e. The van der Waals surface area contributed by atoms with E-state index in [2.05, 4.69) is 4.98 Å². The van der Waals surface area contributed by atoms with Gasteiger partial charge >= 0.3 is 0 Å². The molecule has 0 aliphatic heterocycles. The SMILES string of the molecule is Cc1nc(-c2ccco2)sc1C(=N)N. The van der Waals surface area contributed by atoms with Crippen LogP contribution in [0.25, 0.3) is 10.8 Å². The minimum absolute atomic E-state index is 0.0535. The lowest BCUT2D eigenvalue weighted by Gasteiger charge is -1.89. The number of rotatable bonds is 2. The quantitative estimate of drug-likeness (QED) is 0.584. The van der Waals surface area contributed by atoms with Gasteiger partial charge in [0.1, 0.15) is 5.84 Å². The fourth-order valence-electron chi connectivity index (χ4n) is 1.15. The number of aromatic nitrogens is 1. The number of nitrogens with one attached hydrogen (secondary N) is 1. The van der Waals surface area contributed by atoms with E-state index in [0.717, 1.165) is 10.7 Å². The predicted molar refractivity (Wildman–Crippen MR) is 55.6 cm³/mol. The third-order valence-corrected chi connectivity index (χ3v) is 2.98. The monoisotopic (exact) mass is 207 g/mol. The molecule has 2 heterocycles. The van der Waals surface area contributed by atoms with Gasteiger partial charge < -0.3 is 10.2 Å². The van der Waals surface area contributed by atoms with Crippen LogP contribution in [0.4, 0.5) is 0 Å². The van der Waals surface area contributed by atoms with Crippen LogP contribution >= 0.6 is 11.3 Å². The Bertz CT molecular complexity index is 458. The van der Waals surface area contributed by atoms with E-state index in [4.69, 9.17) is 15.6 Å². The van der Waals surface area contributed by atoms with Crippen molar-refractivity contribution in [2.24, 2.45) is 5.73 Å². The first-order valence-corrected chi connectivity index (χ1v) is 4.86. The lowest BCUT2D eigenvalue weighted by Crippen LogP contribution is -2.10. The molecule has 2 aromatic rings. The first-order valence-electron chi connectivity index (χ1n) is 4.04. The summed E-state index contributed by atoms with van der Waals surface area (Å²) < 4.78 is 5.20. The molecule has 0 saturated carbocycles. The number of amidine groups is 1. The average molecular weight is 207 g/mol. The van der Waals surface area contributed by atoms with E-state index >= 15 is 0 Å². The number of nitrogens with two attached hydrogens (primary N) is 1. The maximum absolute atomic E-state index is 7.33. The first-order chi connectivity index (χ1) is 6.68. The number of hydrogen-bond donors (Lipinski definition) is 2. The summed E-state index contributed by atoms with van der Waals surface area (Å²) in [6.07, 6.45) is 1.60. The predicted octanol–water partition coefficient (Wildman–Crippen LogP) is 2.00. The van der Waals surface area contributed by atoms with Crippen LogP contribution in [0.2, 0.25) is 0 Å². The van der Waals surface area contributed by atoms with Gasteiger partial charge in [0.25, 0.3) is 0 Å². The molecule has 2 aromatic heterocycles. The zero-order valence-corrected chi connectivity index (χ0v) is 8.39. The molecule has 0 bridgehead atoms. The molecule has 0 unspecified atom stereocenters. The van der Waals surface area contributed by atoms with Gasteiger partial charge in [-0.2, -0.15) is 0 Å². The molecule has 0 aliphatic carbocycles. The highest BCUT2D eigenvalue weighted by Gasteiger charge is 2.12. The molecule has 0 spiro atoms. The Hall–Kier alpha value is -1.62. The smallest absolute Gasteiger partial charge is 0.162 e. The summed E-state index contributed by atoms with van der Waals surface area (Å²) >= 11 is 1.37. The summed E-state index contributed by atoms with van der Waals surface area (Å²) in [5, 5.41) is 8.09. The molecule has 3 N–H and O–H groups in total. The minimum Gasteiger partial charge on any atom is -0.462 e. The highest BCUT2D eigenvalue weighted by atomic mass is 32.1. The molecule has 0 aliphatic rings. The Morgan fingerprint density at radius 2 is 2.43 bits per heavy atom. The summed E-state index contributed by atoms with van der Waals surface area (Å²) in [4.78, 5) is 4.98. The van der Waals surface area contributed by atoms with Crippen LogP contribution < -0.4 is 5.73 Å². The Kier molecular flexibility index (Phi) is 2.09. The molecule has 0 fully saturated rings. The lowest BCUT2D eigenvalue weighted by atomic mass is 10.4. The summed E-state index contributed by atoms with van der Waals surface area (Å²) in [5.74, 6) is 0.767. The van der Waals surface area contributed by atoms with Crippen LogP contribution in [0.5, 0.6) is 0 Å². The molecule has 4 nitrogen and oxygen atoms in total. The van der Waals surface area contributed by atoms with Gasteiger partial charge in [0, 0.05) is 0 Å². The van der Waals surface area contributed by atoms with Gasteiger partial charge in [-0.05, 0) is 19.1 Å². The van der Waals surface area contributed by atoms with Crippen LogP contribution in [0, 0.1) is 12.3 Å². The molecule has 14 heavy (non-hydrogen) atoms. The summed E-state index contributed by atoms with van der Waals surface area (Å²) in [6, 6.07) is 3.64. The molecular weight excluding hydrogens is 198 g/mol. The number of aryl methyl sites for hydroxylation is 1. The van der Waals surface area contributed by atoms with Crippen molar-refractivity contribution < 1.29 is 4.42 Å². The molecule has 0 atom stereocenters. The highest BCUT2D eigenvalue weighted by molar-refractivity contribution is 7.17. The van der Waals surface area contributed by atoms with Gasteiger partial charge in [-0.15, -0.1) is 11.3 Å². The van der Waals surface area contributed by atoms with Crippen molar-refractivity contribution in [2.45, 2.75) is 6.92 Å². The van der Waals surface area contributed by atoms with Crippen molar-refractivity contribution in [3.8, 4) is 10.8 Å². The molecule has 0 saturated heterocycles. The molecule has 0 amide bonds. The van der Waals surface area contributed by atoms with E-state index < -0.39 is 0 Å². The second-order valence-corrected chi connectivity index (χ2v) is 3.82. The molecule has 72 valence electrons. The fraction of sp³-hybridized carbons (Fsp3) is 0.111. The third-order valence-electron chi connectivity index (χ3n) is 1.77. The molecule has 0 aromatic carbocycles. The summed E-state index contributed by atoms with van der Waals surface area (Å²) in [7, 11) is 0. The second kappa shape index (κ2) is 3.26. The van der Waals surface area contributed by atoms with Crippen LogP contribution in [0.15, 0.2) is 22.8 Å². The van der Waals surface area contributed by atoms with Crippen molar-refractivity contribution in [3.05, 3.63) is 29.0 Å². The zero-order valence-electron chi connectivity index (χ0n) is 7.57. The van der Waals surface area contributed by atoms with Crippen molar-refractivity contribution in [2.75, 3.05) is 0 Å². The number of furan rings is 1. The van der Waals surface area contributed by atoms with Crippen molar-refractivity contribution >= 4 is 17.2 Å². The summed E-state index contributed by atoms with van der Waals surface area (Å²) in [6.45, 7) is 1.83. The van der Waals surface area contributed by atoms with E-state index in [1.807, 2.05) is 13.0 Å². The van der Waals surface area contributed by atoms with Crippen molar-refractivity contribution in [3.63, 3.8) is 0 Å². The highest BCUT2D eigenvalue weighted by Crippen LogP contribution is 2.27. The van der Waals surface area contributed by atoms with E-state index in [-0.39, 0.29) is 5.84 Å². The van der Waals surface area contributed by atoms with Gasteiger partial charge in [-0.1, -0.05) is 0 Å². The Morgan fingerprint density at radius 3 is 2.93 bits per heavy atom. The molecule has 0 radical (unpaired) electrons. The fourth-order valence-corrected chi connectivity index (χ4v) is 2.05. The number of nitrogens with zero attached hydrogens (tertiary/aromatic N) is 1. The first kappa shape index (κ1) is 8.96. The Balaban J connectivity index is 2.48. The number of thiazole rings is 1. The Labute approximate surface area is 84.9 Å². The zero-order chi connectivity index (χ0) is 10.1. The maximum Gasteiger partial charge on any atom is 0.162 e. The van der Waals surface area contributed by atoms with E-state index in [0.29, 0.717) is 10.6 Å². The average Bonchev–Trinajstić information content (AvgIpc) is 2.70. The van der Waals surface area contributed by atoms with Gasteiger partial charge in [0.05, 0.1) is 16.8 Å². The molecule has 5 heteroatoms. The van der Waals surface area contributed by atoms with Gasteiger partial charge in [0.15, 0.2) is 10.8 Å². The molecule has 2 rings (SSSR count). The second-order valence-electron chi connectivity index (χ2n) is 2.82. The summed E-state index contributed by atoms with van der Waals surface area (Å²) in [5.41, 5.74) is 6.18. The van der Waals surface area contributed by atoms with Crippen LogP contribution in [-0.4, -0.2) is 10.8 Å². The van der Waals surface area contributed by atoms with Crippen LogP contribution in [0.1, 0.15) is 10.6 Å². The lowest BCUT2D eigenvalue weighted by molar-refractivity contribution is 0.581. The van der Waals surface area contributed by atoms with Gasteiger partial charge in [-0.25, -0.2) is 4.98 Å². The van der Waals surface area contributed by atoms with E-state index in [1.54, 1.807) is 12.3 Å². The van der Waals surface area contributed by atoms with Gasteiger partial charge in [0.2, 0.25) is 0 Å².